The fourth-order valence-corrected chi connectivity index (χ4v) is 2.11. The Morgan fingerprint density at radius 3 is 2.50 bits per heavy atom. The van der Waals surface area contributed by atoms with Crippen molar-refractivity contribution in [2.24, 2.45) is 12.8 Å². The molecule has 0 saturated carbocycles. The number of hydrogen-bond donors (Lipinski definition) is 1. The summed E-state index contributed by atoms with van der Waals surface area (Å²) in [4.78, 5) is 4.43. The lowest BCUT2D eigenvalue weighted by atomic mass is 10.1. The molecule has 0 saturated heterocycles. The van der Waals surface area contributed by atoms with Gasteiger partial charge in [-0.3, -0.25) is 0 Å². The van der Waals surface area contributed by atoms with Crippen LogP contribution in [0.5, 0.6) is 0 Å². The lowest BCUT2D eigenvalue weighted by Crippen LogP contribution is -2.06. The Kier molecular flexibility index (Phi) is 3.77. The number of imidazole rings is 1. The van der Waals surface area contributed by atoms with Crippen LogP contribution in [-0.4, -0.2) is 9.55 Å². The minimum Gasteiger partial charge on any atom is -0.335 e. The average molecular weight is 247 g/mol. The molecule has 4 heteroatoms. The molecule has 2 rings (SSSR count). The largest absolute Gasteiger partial charge is 0.335 e. The van der Waals surface area contributed by atoms with Gasteiger partial charge in [-0.15, -0.1) is 0 Å². The van der Waals surface area contributed by atoms with Crippen LogP contribution in [0.4, 0.5) is 4.39 Å². The van der Waals surface area contributed by atoms with Crippen molar-refractivity contribution in [3.63, 3.8) is 0 Å². The molecule has 1 heterocycles. The van der Waals surface area contributed by atoms with Gasteiger partial charge in [-0.2, -0.15) is 0 Å². The summed E-state index contributed by atoms with van der Waals surface area (Å²) in [7, 11) is 2.00. The third-order valence-electron chi connectivity index (χ3n) is 3.28. The average Bonchev–Trinajstić information content (AvgIpc) is 2.65. The van der Waals surface area contributed by atoms with E-state index in [0.29, 0.717) is 6.54 Å². The Hall–Kier alpha value is -1.68. The summed E-state index contributed by atoms with van der Waals surface area (Å²) in [6.45, 7) is 2.43. The monoisotopic (exact) mass is 247 g/mol. The third kappa shape index (κ3) is 2.59. The molecule has 2 N–H and O–H groups in total. The summed E-state index contributed by atoms with van der Waals surface area (Å²) in [6, 6.07) is 6.63. The van der Waals surface area contributed by atoms with Crippen molar-refractivity contribution < 1.29 is 4.39 Å². The van der Waals surface area contributed by atoms with Gasteiger partial charge in [-0.05, 0) is 37.5 Å². The number of aromatic nitrogens is 2. The molecular formula is C14H18FN3. The van der Waals surface area contributed by atoms with Gasteiger partial charge in [0, 0.05) is 19.3 Å². The van der Waals surface area contributed by atoms with Gasteiger partial charge in [0.2, 0.25) is 0 Å². The molecule has 0 aliphatic heterocycles. The Balaban J connectivity index is 2.12. The highest BCUT2D eigenvalue weighted by atomic mass is 19.1. The van der Waals surface area contributed by atoms with Gasteiger partial charge in [0.15, 0.2) is 0 Å². The van der Waals surface area contributed by atoms with Gasteiger partial charge in [0.05, 0.1) is 5.69 Å². The van der Waals surface area contributed by atoms with Crippen molar-refractivity contribution in [3.8, 4) is 0 Å². The van der Waals surface area contributed by atoms with Crippen LogP contribution in [0.3, 0.4) is 0 Å². The Bertz CT molecular complexity index is 529. The van der Waals surface area contributed by atoms with Crippen LogP contribution in [0.15, 0.2) is 24.3 Å². The van der Waals surface area contributed by atoms with Gasteiger partial charge in [0.25, 0.3) is 0 Å². The summed E-state index contributed by atoms with van der Waals surface area (Å²) in [6.07, 6.45) is 1.74. The molecular weight excluding hydrogens is 229 g/mol. The van der Waals surface area contributed by atoms with Crippen molar-refractivity contribution in [1.82, 2.24) is 9.55 Å². The number of nitrogens with two attached hydrogens (primary N) is 1. The molecule has 2 aromatic rings. The second kappa shape index (κ2) is 5.31. The molecule has 1 aromatic carbocycles. The first-order valence-electron chi connectivity index (χ1n) is 6.07. The lowest BCUT2D eigenvalue weighted by Gasteiger charge is -2.06. The van der Waals surface area contributed by atoms with E-state index in [1.54, 1.807) is 0 Å². The predicted octanol–water partition coefficient (Wildman–Crippen LogP) is 2.11. The van der Waals surface area contributed by atoms with Crippen LogP contribution in [0.2, 0.25) is 0 Å². The molecule has 0 unspecified atom stereocenters. The molecule has 0 radical (unpaired) electrons. The number of benzene rings is 1. The molecule has 0 fully saturated rings. The molecule has 3 nitrogen and oxygen atoms in total. The van der Waals surface area contributed by atoms with Crippen LogP contribution in [-0.2, 0) is 26.4 Å². The van der Waals surface area contributed by atoms with E-state index >= 15 is 0 Å². The SMILES string of the molecule is Cc1nc(CN)c(CCc2ccc(F)cc2)n1C. The van der Waals surface area contributed by atoms with Gasteiger partial charge in [-0.25, -0.2) is 9.37 Å². The molecule has 1 aromatic heterocycles. The molecule has 0 spiro atoms. The zero-order valence-corrected chi connectivity index (χ0v) is 10.8. The molecule has 0 aliphatic carbocycles. The van der Waals surface area contributed by atoms with Gasteiger partial charge in [0.1, 0.15) is 11.6 Å². The molecule has 0 amide bonds. The number of nitrogens with zero attached hydrogens (tertiary/aromatic N) is 2. The summed E-state index contributed by atoms with van der Waals surface area (Å²) in [5, 5.41) is 0. The van der Waals surface area contributed by atoms with Crippen molar-refractivity contribution >= 4 is 0 Å². The second-order valence-electron chi connectivity index (χ2n) is 4.44. The van der Waals surface area contributed by atoms with Gasteiger partial charge >= 0.3 is 0 Å². The topological polar surface area (TPSA) is 43.8 Å². The van der Waals surface area contributed by atoms with E-state index in [0.717, 1.165) is 29.9 Å². The van der Waals surface area contributed by atoms with E-state index in [9.17, 15) is 4.39 Å². The van der Waals surface area contributed by atoms with Gasteiger partial charge < -0.3 is 10.3 Å². The highest BCUT2D eigenvalue weighted by Crippen LogP contribution is 2.13. The Morgan fingerprint density at radius 2 is 1.89 bits per heavy atom. The summed E-state index contributed by atoms with van der Waals surface area (Å²) in [5.41, 5.74) is 8.94. The van der Waals surface area contributed by atoms with Crippen LogP contribution >= 0.6 is 0 Å². The van der Waals surface area contributed by atoms with E-state index in [1.807, 2.05) is 26.1 Å². The molecule has 18 heavy (non-hydrogen) atoms. The second-order valence-corrected chi connectivity index (χ2v) is 4.44. The van der Waals surface area contributed by atoms with Crippen LogP contribution in [0.25, 0.3) is 0 Å². The zero-order valence-electron chi connectivity index (χ0n) is 10.8. The molecule has 0 aliphatic rings. The third-order valence-corrected chi connectivity index (χ3v) is 3.28. The highest BCUT2D eigenvalue weighted by Gasteiger charge is 2.10. The Morgan fingerprint density at radius 1 is 1.22 bits per heavy atom. The zero-order chi connectivity index (χ0) is 13.1. The molecule has 0 bridgehead atoms. The number of hydrogen-bond acceptors (Lipinski definition) is 2. The maximum atomic E-state index is 12.8. The van der Waals surface area contributed by atoms with Gasteiger partial charge in [-0.1, -0.05) is 12.1 Å². The smallest absolute Gasteiger partial charge is 0.123 e. The fourth-order valence-electron chi connectivity index (χ4n) is 2.11. The van der Waals surface area contributed by atoms with E-state index in [4.69, 9.17) is 5.73 Å². The van der Waals surface area contributed by atoms with Crippen molar-refractivity contribution in [2.75, 3.05) is 0 Å². The van der Waals surface area contributed by atoms with Crippen LogP contribution in [0.1, 0.15) is 22.8 Å². The quantitative estimate of drug-likeness (QED) is 0.899. The summed E-state index contributed by atoms with van der Waals surface area (Å²) >= 11 is 0. The summed E-state index contributed by atoms with van der Waals surface area (Å²) in [5.74, 6) is 0.780. The predicted molar refractivity (Wildman–Crippen MR) is 69.6 cm³/mol. The van der Waals surface area contributed by atoms with Crippen molar-refractivity contribution in [3.05, 3.63) is 52.9 Å². The molecule has 96 valence electrons. The van der Waals surface area contributed by atoms with Crippen molar-refractivity contribution in [1.29, 1.82) is 0 Å². The summed E-state index contributed by atoms with van der Waals surface area (Å²) < 4.78 is 14.9. The minimum atomic E-state index is -0.197. The molecule has 0 atom stereocenters. The fraction of sp³-hybridized carbons (Fsp3) is 0.357. The van der Waals surface area contributed by atoms with Crippen molar-refractivity contribution in [2.45, 2.75) is 26.3 Å². The first kappa shape index (κ1) is 12.8. The van der Waals surface area contributed by atoms with E-state index in [1.165, 1.54) is 17.8 Å². The van der Waals surface area contributed by atoms with Crippen LogP contribution < -0.4 is 5.73 Å². The first-order chi connectivity index (χ1) is 8.61. The maximum Gasteiger partial charge on any atom is 0.123 e. The Labute approximate surface area is 106 Å². The number of aryl methyl sites for hydroxylation is 2. The minimum absolute atomic E-state index is 0.197. The van der Waals surface area contributed by atoms with E-state index < -0.39 is 0 Å². The number of rotatable bonds is 4. The number of halogens is 1. The lowest BCUT2D eigenvalue weighted by molar-refractivity contribution is 0.626. The van der Waals surface area contributed by atoms with E-state index in [-0.39, 0.29) is 5.82 Å². The van der Waals surface area contributed by atoms with Crippen LogP contribution in [0, 0.1) is 12.7 Å². The standard InChI is InChI=1S/C14H18FN3/c1-10-17-13(9-16)14(18(10)2)8-5-11-3-6-12(15)7-4-11/h3-4,6-7H,5,8-9,16H2,1-2H3. The van der Waals surface area contributed by atoms with E-state index in [2.05, 4.69) is 9.55 Å². The normalized spacial score (nSPS) is 10.9. The highest BCUT2D eigenvalue weighted by molar-refractivity contribution is 5.21. The first-order valence-corrected chi connectivity index (χ1v) is 6.07. The maximum absolute atomic E-state index is 12.8.